The summed E-state index contributed by atoms with van der Waals surface area (Å²) in [5.74, 6) is -0.271. The summed E-state index contributed by atoms with van der Waals surface area (Å²) in [6, 6.07) is -0.611. The molecule has 1 amide bonds. The van der Waals surface area contributed by atoms with Crippen LogP contribution in [0.25, 0.3) is 10.4 Å². The average molecular weight is 128 g/mol. The summed E-state index contributed by atoms with van der Waals surface area (Å²) >= 11 is 0. The van der Waals surface area contributed by atoms with Crippen LogP contribution >= 0.6 is 0 Å². The van der Waals surface area contributed by atoms with E-state index >= 15 is 0 Å². The predicted molar refractivity (Wildman–Crippen MR) is 32.7 cm³/mol. The molecular weight excluding hydrogens is 120 g/mol. The van der Waals surface area contributed by atoms with Crippen LogP contribution in [0.15, 0.2) is 5.11 Å². The SMILES string of the molecule is CNC(=O)C(C)N=[N+]=[N-]. The van der Waals surface area contributed by atoms with Gasteiger partial charge in [-0.25, -0.2) is 0 Å². The molecule has 0 saturated heterocycles. The van der Waals surface area contributed by atoms with E-state index < -0.39 is 6.04 Å². The zero-order chi connectivity index (χ0) is 7.28. The molecule has 50 valence electrons. The summed E-state index contributed by atoms with van der Waals surface area (Å²) in [5.41, 5.74) is 7.86. The van der Waals surface area contributed by atoms with Crippen molar-refractivity contribution in [3.63, 3.8) is 0 Å². The monoisotopic (exact) mass is 128 g/mol. The third-order valence-corrected chi connectivity index (χ3v) is 0.851. The molecule has 0 saturated carbocycles. The van der Waals surface area contributed by atoms with E-state index in [2.05, 4.69) is 15.3 Å². The molecule has 1 N–H and O–H groups in total. The van der Waals surface area contributed by atoms with Crippen molar-refractivity contribution in [2.24, 2.45) is 5.11 Å². The third kappa shape index (κ3) is 2.56. The number of likely N-dealkylation sites (N-methyl/N-ethyl adjacent to an activating group) is 1. The first-order valence-electron chi connectivity index (χ1n) is 2.48. The first-order chi connectivity index (χ1) is 4.22. The Morgan fingerprint density at radius 3 is 2.78 bits per heavy atom. The van der Waals surface area contributed by atoms with Crippen LogP contribution in [0, 0.1) is 0 Å². The number of nitrogens with zero attached hydrogens (tertiary/aromatic N) is 3. The molecule has 1 atom stereocenters. The fourth-order valence-electron chi connectivity index (χ4n) is 0.339. The Hall–Kier alpha value is -1.22. The molecule has 0 spiro atoms. The van der Waals surface area contributed by atoms with Crippen LogP contribution in [0.1, 0.15) is 6.92 Å². The summed E-state index contributed by atoms with van der Waals surface area (Å²) in [4.78, 5) is 13.0. The first-order valence-corrected chi connectivity index (χ1v) is 2.48. The van der Waals surface area contributed by atoms with Gasteiger partial charge in [0.2, 0.25) is 5.91 Å². The van der Waals surface area contributed by atoms with Gasteiger partial charge >= 0.3 is 0 Å². The van der Waals surface area contributed by atoms with Crippen molar-refractivity contribution < 1.29 is 4.79 Å². The lowest BCUT2D eigenvalue weighted by molar-refractivity contribution is -0.121. The van der Waals surface area contributed by atoms with Crippen molar-refractivity contribution in [3.8, 4) is 0 Å². The van der Waals surface area contributed by atoms with E-state index in [0.29, 0.717) is 0 Å². The maximum Gasteiger partial charge on any atom is 0.228 e. The Kier molecular flexibility index (Phi) is 3.23. The number of carbonyl (C=O) groups excluding carboxylic acids is 1. The minimum absolute atomic E-state index is 0.271. The summed E-state index contributed by atoms with van der Waals surface area (Å²) in [6.07, 6.45) is 0. The first kappa shape index (κ1) is 7.78. The summed E-state index contributed by atoms with van der Waals surface area (Å²) < 4.78 is 0. The second kappa shape index (κ2) is 3.74. The Morgan fingerprint density at radius 1 is 1.89 bits per heavy atom. The number of azide groups is 1. The normalized spacial score (nSPS) is 11.3. The lowest BCUT2D eigenvalue weighted by Crippen LogP contribution is -2.27. The molecular formula is C4H8N4O. The third-order valence-electron chi connectivity index (χ3n) is 0.851. The van der Waals surface area contributed by atoms with Crippen molar-refractivity contribution >= 4 is 5.91 Å². The van der Waals surface area contributed by atoms with Crippen molar-refractivity contribution in [3.05, 3.63) is 10.4 Å². The quantitative estimate of drug-likeness (QED) is 0.326. The van der Waals surface area contributed by atoms with E-state index in [-0.39, 0.29) is 5.91 Å². The maximum atomic E-state index is 10.5. The highest BCUT2D eigenvalue weighted by molar-refractivity contribution is 5.81. The molecule has 0 bridgehead atoms. The fourth-order valence-corrected chi connectivity index (χ4v) is 0.339. The van der Waals surface area contributed by atoms with E-state index in [1.165, 1.54) is 14.0 Å². The lowest BCUT2D eigenvalue weighted by atomic mass is 10.3. The van der Waals surface area contributed by atoms with Crippen LogP contribution in [0.5, 0.6) is 0 Å². The van der Waals surface area contributed by atoms with E-state index in [1.807, 2.05) is 0 Å². The van der Waals surface area contributed by atoms with E-state index in [1.54, 1.807) is 0 Å². The van der Waals surface area contributed by atoms with Gasteiger partial charge in [0, 0.05) is 12.0 Å². The van der Waals surface area contributed by atoms with Crippen LogP contribution in [0.2, 0.25) is 0 Å². The van der Waals surface area contributed by atoms with Gasteiger partial charge in [0.15, 0.2) is 0 Å². The van der Waals surface area contributed by atoms with Crippen molar-refractivity contribution in [1.82, 2.24) is 5.32 Å². The zero-order valence-electron chi connectivity index (χ0n) is 5.33. The average Bonchev–Trinajstić information content (AvgIpc) is 1.87. The van der Waals surface area contributed by atoms with Gasteiger partial charge in [-0.1, -0.05) is 5.11 Å². The second-order valence-electron chi connectivity index (χ2n) is 1.50. The predicted octanol–water partition coefficient (Wildman–Crippen LogP) is 0.431. The van der Waals surface area contributed by atoms with Gasteiger partial charge in [-0.15, -0.1) is 0 Å². The minimum Gasteiger partial charge on any atom is -0.359 e. The van der Waals surface area contributed by atoms with Crippen LogP contribution in [0.3, 0.4) is 0 Å². The Morgan fingerprint density at radius 2 is 2.44 bits per heavy atom. The fraction of sp³-hybridized carbons (Fsp3) is 0.750. The van der Waals surface area contributed by atoms with E-state index in [9.17, 15) is 4.79 Å². The standard InChI is InChI=1S/C4H8N4O/c1-3(7-8-5)4(9)6-2/h3H,1-2H3,(H,6,9). The van der Waals surface area contributed by atoms with Gasteiger partial charge in [0.25, 0.3) is 0 Å². The van der Waals surface area contributed by atoms with Gasteiger partial charge < -0.3 is 5.32 Å². The number of hydrogen-bond acceptors (Lipinski definition) is 2. The highest BCUT2D eigenvalue weighted by Crippen LogP contribution is 1.87. The molecule has 1 unspecified atom stereocenters. The smallest absolute Gasteiger partial charge is 0.228 e. The van der Waals surface area contributed by atoms with Gasteiger partial charge in [-0.05, 0) is 12.5 Å². The number of rotatable bonds is 2. The Balaban J connectivity index is 3.87. The van der Waals surface area contributed by atoms with E-state index in [0.717, 1.165) is 0 Å². The molecule has 0 fully saturated rings. The topological polar surface area (TPSA) is 77.9 Å². The van der Waals surface area contributed by atoms with Crippen molar-refractivity contribution in [2.75, 3.05) is 7.05 Å². The number of amides is 1. The molecule has 0 radical (unpaired) electrons. The van der Waals surface area contributed by atoms with Gasteiger partial charge in [-0.2, -0.15) is 0 Å². The molecule has 0 aromatic heterocycles. The number of nitrogens with one attached hydrogen (secondary N) is 1. The minimum atomic E-state index is -0.611. The summed E-state index contributed by atoms with van der Waals surface area (Å²) in [5, 5.41) is 5.51. The molecule has 0 aliphatic rings. The van der Waals surface area contributed by atoms with Gasteiger partial charge in [0.05, 0.1) is 0 Å². The van der Waals surface area contributed by atoms with Crippen molar-refractivity contribution in [1.29, 1.82) is 0 Å². The molecule has 0 aromatic carbocycles. The number of hydrogen-bond donors (Lipinski definition) is 1. The van der Waals surface area contributed by atoms with Crippen LogP contribution in [-0.4, -0.2) is 19.0 Å². The van der Waals surface area contributed by atoms with Crippen molar-refractivity contribution in [2.45, 2.75) is 13.0 Å². The summed E-state index contributed by atoms with van der Waals surface area (Å²) in [7, 11) is 1.49. The Labute approximate surface area is 52.7 Å². The molecule has 9 heavy (non-hydrogen) atoms. The molecule has 0 aliphatic carbocycles. The lowest BCUT2D eigenvalue weighted by Gasteiger charge is -1.99. The van der Waals surface area contributed by atoms with Gasteiger partial charge in [-0.3, -0.25) is 4.79 Å². The molecule has 5 heteroatoms. The number of carbonyl (C=O) groups is 1. The molecule has 5 nitrogen and oxygen atoms in total. The highest BCUT2D eigenvalue weighted by atomic mass is 16.2. The zero-order valence-corrected chi connectivity index (χ0v) is 5.33. The van der Waals surface area contributed by atoms with Crippen LogP contribution in [0.4, 0.5) is 0 Å². The highest BCUT2D eigenvalue weighted by Gasteiger charge is 2.05. The van der Waals surface area contributed by atoms with E-state index in [4.69, 9.17) is 5.53 Å². The maximum absolute atomic E-state index is 10.5. The summed E-state index contributed by atoms with van der Waals surface area (Å²) in [6.45, 7) is 1.53. The van der Waals surface area contributed by atoms with Crippen LogP contribution in [-0.2, 0) is 4.79 Å². The second-order valence-corrected chi connectivity index (χ2v) is 1.50. The molecule has 0 heterocycles. The molecule has 0 aliphatic heterocycles. The van der Waals surface area contributed by atoms with Gasteiger partial charge in [0.1, 0.15) is 6.04 Å². The Bertz CT molecular complexity index is 149. The van der Waals surface area contributed by atoms with Crippen LogP contribution < -0.4 is 5.32 Å². The molecule has 0 aromatic rings. The molecule has 0 rings (SSSR count). The largest absolute Gasteiger partial charge is 0.359 e.